The van der Waals surface area contributed by atoms with Crippen LogP contribution in [0.4, 0.5) is 5.69 Å². The molecule has 0 aromatic heterocycles. The fourth-order valence-electron chi connectivity index (χ4n) is 3.34. The normalized spacial score (nSPS) is 15.2. The summed E-state index contributed by atoms with van der Waals surface area (Å²) in [7, 11) is 1.72. The van der Waals surface area contributed by atoms with Gasteiger partial charge in [0.2, 0.25) is 0 Å². The van der Waals surface area contributed by atoms with Crippen molar-refractivity contribution in [1.29, 1.82) is 0 Å². The Balaban J connectivity index is 1.46. The number of hydrogen-bond acceptors (Lipinski definition) is 4. The van der Waals surface area contributed by atoms with Crippen molar-refractivity contribution in [2.24, 2.45) is 0 Å². The van der Waals surface area contributed by atoms with Gasteiger partial charge in [0.1, 0.15) is 18.1 Å². The topological polar surface area (TPSA) is 24.9 Å². The van der Waals surface area contributed by atoms with Gasteiger partial charge in [0.15, 0.2) is 0 Å². The second-order valence-electron chi connectivity index (χ2n) is 6.60. The van der Waals surface area contributed by atoms with E-state index in [4.69, 9.17) is 9.47 Å². The summed E-state index contributed by atoms with van der Waals surface area (Å²) in [6.07, 6.45) is 0. The Hall–Kier alpha value is -2.20. The van der Waals surface area contributed by atoms with Gasteiger partial charge in [-0.1, -0.05) is 24.3 Å². The molecule has 0 radical (unpaired) electrons. The van der Waals surface area contributed by atoms with Crippen LogP contribution in [-0.4, -0.2) is 51.3 Å². The largest absolute Gasteiger partial charge is 0.497 e. The quantitative estimate of drug-likeness (QED) is 0.803. The Morgan fingerprint density at radius 2 is 1.60 bits per heavy atom. The van der Waals surface area contributed by atoms with Crippen LogP contribution in [0.1, 0.15) is 11.1 Å². The first-order valence-electron chi connectivity index (χ1n) is 8.98. The van der Waals surface area contributed by atoms with Gasteiger partial charge in [-0.05, 0) is 37.1 Å². The fourth-order valence-corrected chi connectivity index (χ4v) is 3.34. The molecule has 0 atom stereocenters. The van der Waals surface area contributed by atoms with Crippen molar-refractivity contribution in [2.75, 3.05) is 51.3 Å². The predicted octanol–water partition coefficient (Wildman–Crippen LogP) is 3.51. The fraction of sp³-hybridized carbons (Fsp3) is 0.429. The number of nitrogens with zero attached hydrogens (tertiary/aromatic N) is 2. The summed E-state index contributed by atoms with van der Waals surface area (Å²) in [5, 5.41) is 0. The standard InChI is InChI=1S/C21H28N2O2/c1-17-6-4-7-18(2)21(17)25-15-14-22-10-12-23(13-11-22)19-8-5-9-20(16-19)24-3/h4-9,16H,10-15H2,1-3H3. The highest BCUT2D eigenvalue weighted by atomic mass is 16.5. The zero-order chi connectivity index (χ0) is 17.6. The predicted molar refractivity (Wildman–Crippen MR) is 103 cm³/mol. The number of benzene rings is 2. The molecule has 0 bridgehead atoms. The summed E-state index contributed by atoms with van der Waals surface area (Å²) in [5.41, 5.74) is 3.66. The maximum Gasteiger partial charge on any atom is 0.125 e. The zero-order valence-corrected chi connectivity index (χ0v) is 15.5. The molecule has 0 N–H and O–H groups in total. The molecule has 0 saturated carbocycles. The summed E-state index contributed by atoms with van der Waals surface area (Å²) in [6.45, 7) is 10.1. The van der Waals surface area contributed by atoms with E-state index in [-0.39, 0.29) is 0 Å². The lowest BCUT2D eigenvalue weighted by Crippen LogP contribution is -2.47. The number of piperazine rings is 1. The minimum Gasteiger partial charge on any atom is -0.497 e. The van der Waals surface area contributed by atoms with E-state index in [0.29, 0.717) is 0 Å². The van der Waals surface area contributed by atoms with Gasteiger partial charge in [-0.3, -0.25) is 4.90 Å². The van der Waals surface area contributed by atoms with Crippen LogP contribution in [0.3, 0.4) is 0 Å². The molecule has 4 nitrogen and oxygen atoms in total. The van der Waals surface area contributed by atoms with Crippen LogP contribution in [-0.2, 0) is 0 Å². The highest BCUT2D eigenvalue weighted by Crippen LogP contribution is 2.23. The van der Waals surface area contributed by atoms with E-state index in [2.05, 4.69) is 60.0 Å². The Morgan fingerprint density at radius 3 is 2.28 bits per heavy atom. The third-order valence-corrected chi connectivity index (χ3v) is 4.85. The lowest BCUT2D eigenvalue weighted by atomic mass is 10.1. The molecule has 25 heavy (non-hydrogen) atoms. The molecule has 4 heteroatoms. The number of methoxy groups -OCH3 is 1. The van der Waals surface area contributed by atoms with Crippen molar-refractivity contribution in [2.45, 2.75) is 13.8 Å². The molecule has 2 aromatic rings. The van der Waals surface area contributed by atoms with Gasteiger partial charge in [0, 0.05) is 44.5 Å². The second-order valence-corrected chi connectivity index (χ2v) is 6.60. The minimum atomic E-state index is 0.741. The van der Waals surface area contributed by atoms with Gasteiger partial charge in [0.25, 0.3) is 0 Å². The monoisotopic (exact) mass is 340 g/mol. The molecule has 0 aliphatic carbocycles. The van der Waals surface area contributed by atoms with Crippen molar-refractivity contribution >= 4 is 5.69 Å². The number of hydrogen-bond donors (Lipinski definition) is 0. The first-order chi connectivity index (χ1) is 12.2. The van der Waals surface area contributed by atoms with Crippen LogP contribution in [0.2, 0.25) is 0 Å². The van der Waals surface area contributed by atoms with Gasteiger partial charge >= 0.3 is 0 Å². The maximum absolute atomic E-state index is 6.04. The van der Waals surface area contributed by atoms with E-state index >= 15 is 0 Å². The average Bonchev–Trinajstić information content (AvgIpc) is 2.65. The minimum absolute atomic E-state index is 0.741. The maximum atomic E-state index is 6.04. The summed E-state index contributed by atoms with van der Waals surface area (Å²) in [4.78, 5) is 4.90. The van der Waals surface area contributed by atoms with Gasteiger partial charge < -0.3 is 14.4 Å². The molecule has 0 unspecified atom stereocenters. The van der Waals surface area contributed by atoms with Crippen molar-refractivity contribution < 1.29 is 9.47 Å². The molecular formula is C21H28N2O2. The third-order valence-electron chi connectivity index (χ3n) is 4.85. The van der Waals surface area contributed by atoms with Crippen LogP contribution >= 0.6 is 0 Å². The van der Waals surface area contributed by atoms with Crippen LogP contribution in [0.5, 0.6) is 11.5 Å². The number of rotatable bonds is 6. The Morgan fingerprint density at radius 1 is 0.920 bits per heavy atom. The molecule has 134 valence electrons. The Bertz CT molecular complexity index is 674. The molecule has 1 heterocycles. The molecule has 0 spiro atoms. The molecule has 1 fully saturated rings. The van der Waals surface area contributed by atoms with Crippen molar-refractivity contribution in [1.82, 2.24) is 4.90 Å². The highest BCUT2D eigenvalue weighted by Gasteiger charge is 2.17. The van der Waals surface area contributed by atoms with E-state index in [0.717, 1.165) is 50.8 Å². The van der Waals surface area contributed by atoms with E-state index in [1.54, 1.807) is 7.11 Å². The molecule has 3 rings (SSSR count). The SMILES string of the molecule is COc1cccc(N2CCN(CCOc3c(C)cccc3C)CC2)c1. The Labute approximate surface area is 151 Å². The molecule has 1 saturated heterocycles. The second kappa shape index (κ2) is 8.26. The van der Waals surface area contributed by atoms with Crippen LogP contribution in [0.25, 0.3) is 0 Å². The van der Waals surface area contributed by atoms with Gasteiger partial charge in [-0.25, -0.2) is 0 Å². The Kier molecular flexibility index (Phi) is 5.82. The number of aryl methyl sites for hydroxylation is 2. The van der Waals surface area contributed by atoms with Crippen LogP contribution in [0.15, 0.2) is 42.5 Å². The molecule has 0 amide bonds. The lowest BCUT2D eigenvalue weighted by Gasteiger charge is -2.36. The number of para-hydroxylation sites is 1. The molecule has 1 aliphatic rings. The van der Waals surface area contributed by atoms with Gasteiger partial charge in [-0.15, -0.1) is 0 Å². The number of ether oxygens (including phenoxy) is 2. The van der Waals surface area contributed by atoms with Crippen LogP contribution < -0.4 is 14.4 Å². The summed E-state index contributed by atoms with van der Waals surface area (Å²) < 4.78 is 11.4. The summed E-state index contributed by atoms with van der Waals surface area (Å²) >= 11 is 0. The van der Waals surface area contributed by atoms with E-state index in [9.17, 15) is 0 Å². The first kappa shape index (κ1) is 17.6. The molecule has 2 aromatic carbocycles. The number of anilines is 1. The third kappa shape index (κ3) is 4.45. The summed E-state index contributed by atoms with van der Waals surface area (Å²) in [5.74, 6) is 1.96. The van der Waals surface area contributed by atoms with Crippen LogP contribution in [0, 0.1) is 13.8 Å². The highest BCUT2D eigenvalue weighted by molar-refractivity contribution is 5.51. The van der Waals surface area contributed by atoms with Gasteiger partial charge in [-0.2, -0.15) is 0 Å². The smallest absolute Gasteiger partial charge is 0.125 e. The molecule has 1 aliphatic heterocycles. The van der Waals surface area contributed by atoms with E-state index < -0.39 is 0 Å². The van der Waals surface area contributed by atoms with Gasteiger partial charge in [0.05, 0.1) is 7.11 Å². The summed E-state index contributed by atoms with van der Waals surface area (Å²) in [6, 6.07) is 14.6. The van der Waals surface area contributed by atoms with Crippen molar-refractivity contribution in [3.8, 4) is 11.5 Å². The average molecular weight is 340 g/mol. The van der Waals surface area contributed by atoms with Crippen molar-refractivity contribution in [3.05, 3.63) is 53.6 Å². The first-order valence-corrected chi connectivity index (χ1v) is 8.98. The zero-order valence-electron chi connectivity index (χ0n) is 15.5. The van der Waals surface area contributed by atoms with E-state index in [1.807, 2.05) is 6.07 Å². The van der Waals surface area contributed by atoms with E-state index in [1.165, 1.54) is 16.8 Å². The molecular weight excluding hydrogens is 312 g/mol. The lowest BCUT2D eigenvalue weighted by molar-refractivity contribution is 0.199. The van der Waals surface area contributed by atoms with Crippen molar-refractivity contribution in [3.63, 3.8) is 0 Å².